The first-order valence-corrected chi connectivity index (χ1v) is 12.5. The average molecular weight is 620 g/mol. The summed E-state index contributed by atoms with van der Waals surface area (Å²) in [6.45, 7) is 0.155. The zero-order valence-corrected chi connectivity index (χ0v) is 22.2. The van der Waals surface area contributed by atoms with E-state index in [4.69, 9.17) is 9.90 Å². The molecule has 0 saturated carbocycles. The van der Waals surface area contributed by atoms with E-state index in [9.17, 15) is 35.9 Å². The number of carbonyl (C=O) groups is 3. The molecule has 10 nitrogen and oxygen atoms in total. The molecule has 1 unspecified atom stereocenters. The Balaban J connectivity index is 0.000000566. The number of pyridine rings is 3. The van der Waals surface area contributed by atoms with Crippen molar-refractivity contribution in [2.45, 2.75) is 24.9 Å². The third-order valence-corrected chi connectivity index (χ3v) is 6.11. The van der Waals surface area contributed by atoms with Gasteiger partial charge in [0.1, 0.15) is 5.97 Å². The molecule has 44 heavy (non-hydrogen) atoms. The van der Waals surface area contributed by atoms with Crippen molar-refractivity contribution in [1.29, 1.82) is 0 Å². The number of H-pyrrole nitrogens is 2. The molecule has 1 aromatic carbocycles. The van der Waals surface area contributed by atoms with Crippen LogP contribution >= 0.6 is 0 Å². The molecule has 0 spiro atoms. The van der Waals surface area contributed by atoms with Crippen molar-refractivity contribution < 1.29 is 55.2 Å². The molecule has 4 N–H and O–H groups in total. The summed E-state index contributed by atoms with van der Waals surface area (Å²) >= 11 is 0. The van der Waals surface area contributed by atoms with Crippen LogP contribution in [0, 0.1) is 0 Å². The van der Waals surface area contributed by atoms with Crippen LogP contribution in [0.15, 0.2) is 85.5 Å². The second-order valence-electron chi connectivity index (χ2n) is 9.06. The smallest absolute Gasteiger partial charge is 0.430 e. The highest BCUT2D eigenvalue weighted by molar-refractivity contribution is 6.00. The minimum atomic E-state index is -5.19. The predicted octanol–water partition coefficient (Wildman–Crippen LogP) is 2.38. The Bertz CT molecular complexity index is 1800. The number of aromatic nitrogens is 4. The molecule has 0 fully saturated rings. The normalized spacial score (nSPS) is 12.2. The molecule has 0 aliphatic heterocycles. The van der Waals surface area contributed by atoms with Crippen molar-refractivity contribution in [2.75, 3.05) is 0 Å². The van der Waals surface area contributed by atoms with Gasteiger partial charge in [-0.15, -0.1) is 0 Å². The molecule has 0 aliphatic rings. The molecule has 4 heterocycles. The lowest BCUT2D eigenvalue weighted by Gasteiger charge is -2.17. The first kappa shape index (κ1) is 31.4. The van der Waals surface area contributed by atoms with E-state index >= 15 is 0 Å². The van der Waals surface area contributed by atoms with Crippen molar-refractivity contribution in [3.05, 3.63) is 108 Å². The van der Waals surface area contributed by atoms with Crippen LogP contribution in [0.25, 0.3) is 16.3 Å². The van der Waals surface area contributed by atoms with E-state index in [2.05, 4.69) is 20.3 Å². The fourth-order valence-corrected chi connectivity index (χ4v) is 4.13. The molecule has 0 saturated heterocycles. The summed E-state index contributed by atoms with van der Waals surface area (Å²) in [5.74, 6) is -4.58. The minimum Gasteiger partial charge on any atom is -0.542 e. The maximum Gasteiger partial charge on any atom is 0.430 e. The van der Waals surface area contributed by atoms with Crippen LogP contribution in [0.4, 0.5) is 26.3 Å². The van der Waals surface area contributed by atoms with E-state index in [0.29, 0.717) is 0 Å². The van der Waals surface area contributed by atoms with Crippen LogP contribution in [0.5, 0.6) is 0 Å². The number of nitrogens with zero attached hydrogens (tertiary/aromatic N) is 2. The number of amides is 2. The van der Waals surface area contributed by atoms with Crippen LogP contribution in [-0.2, 0) is 11.3 Å². The number of imidazole rings is 1. The fourth-order valence-electron chi connectivity index (χ4n) is 4.13. The SMILES string of the molecule is O=C(NC(c1cccc[nH+]1)C(F)(F)F)c1[nH]c(C(=O)NCc2cncc3ccccc23)[n+]2ccccc12.O=C([O-])C(F)(F)F. The summed E-state index contributed by atoms with van der Waals surface area (Å²) < 4.78 is 74.3. The zero-order chi connectivity index (χ0) is 32.1. The number of carbonyl (C=O) groups excluding carboxylic acids is 3. The summed E-state index contributed by atoms with van der Waals surface area (Å²) in [6.07, 6.45) is -3.69. The van der Waals surface area contributed by atoms with Gasteiger partial charge in [-0.1, -0.05) is 36.4 Å². The number of carboxylic acids is 1. The molecule has 0 bridgehead atoms. The van der Waals surface area contributed by atoms with Crippen molar-refractivity contribution in [3.63, 3.8) is 0 Å². The molecule has 5 rings (SSSR count). The van der Waals surface area contributed by atoms with Gasteiger partial charge in [0.15, 0.2) is 11.7 Å². The van der Waals surface area contributed by atoms with E-state index < -0.39 is 36.2 Å². The number of carboxylic acid groups (broad SMARTS) is 1. The van der Waals surface area contributed by atoms with Crippen molar-refractivity contribution >= 4 is 34.1 Å². The molecule has 5 aromatic rings. The topological polar surface area (TPSA) is 145 Å². The standard InChI is InChI=1S/C26H19F3N6O2.C2HF3O2/c27-26(28,29)22(19-9-3-5-11-31-19)34-24(36)21-20-10-4-6-12-35(20)23(33-21)25(37)32-15-17-14-30-13-16-7-1-2-8-18(16)17;3-2(4,5)1(6)7/h1-14,22H,15H2,(H2,32,34,36,37);(H,6,7)/p+1. The Labute approximate surface area is 243 Å². The van der Waals surface area contributed by atoms with Crippen molar-refractivity contribution in [3.8, 4) is 0 Å². The van der Waals surface area contributed by atoms with Gasteiger partial charge >= 0.3 is 24.1 Å². The number of fused-ring (bicyclic) bond motifs is 2. The molecular weight excluding hydrogens is 598 g/mol. The lowest BCUT2D eigenvalue weighted by Crippen LogP contribution is -2.41. The van der Waals surface area contributed by atoms with Gasteiger partial charge < -0.3 is 20.5 Å². The molecular formula is C28H21F6N6O4+. The Morgan fingerprint density at radius 2 is 1.61 bits per heavy atom. The monoisotopic (exact) mass is 619 g/mol. The van der Waals surface area contributed by atoms with Gasteiger partial charge in [0.25, 0.3) is 5.91 Å². The molecule has 4 aromatic heterocycles. The maximum absolute atomic E-state index is 13.8. The van der Waals surface area contributed by atoms with Crippen molar-refractivity contribution in [2.24, 2.45) is 0 Å². The van der Waals surface area contributed by atoms with E-state index in [1.54, 1.807) is 30.7 Å². The molecule has 228 valence electrons. The average Bonchev–Trinajstić information content (AvgIpc) is 3.38. The van der Waals surface area contributed by atoms with Gasteiger partial charge in [0.2, 0.25) is 17.4 Å². The van der Waals surface area contributed by atoms with E-state index in [1.807, 2.05) is 29.6 Å². The first-order valence-electron chi connectivity index (χ1n) is 12.5. The maximum atomic E-state index is 13.8. The predicted molar refractivity (Wildman–Crippen MR) is 137 cm³/mol. The molecule has 0 radical (unpaired) electrons. The number of hydrogen-bond acceptors (Lipinski definition) is 5. The number of aromatic amines is 2. The second kappa shape index (κ2) is 12.8. The minimum absolute atomic E-state index is 0.0104. The van der Waals surface area contributed by atoms with E-state index in [-0.39, 0.29) is 29.3 Å². The van der Waals surface area contributed by atoms with Gasteiger partial charge in [-0.25, -0.2) is 9.97 Å². The highest BCUT2D eigenvalue weighted by atomic mass is 19.4. The summed E-state index contributed by atoms with van der Waals surface area (Å²) in [7, 11) is 0. The first-order chi connectivity index (χ1) is 20.8. The molecule has 16 heteroatoms. The fraction of sp³-hybridized carbons (Fsp3) is 0.143. The number of alkyl halides is 6. The van der Waals surface area contributed by atoms with E-state index in [1.165, 1.54) is 34.9 Å². The Hall–Kier alpha value is -5.54. The molecule has 1 atom stereocenters. The van der Waals surface area contributed by atoms with Crippen molar-refractivity contribution in [1.82, 2.24) is 20.6 Å². The number of hydrogen-bond donors (Lipinski definition) is 3. The Morgan fingerprint density at radius 1 is 0.932 bits per heavy atom. The van der Waals surface area contributed by atoms with Gasteiger partial charge in [0.05, 0.1) is 6.20 Å². The summed E-state index contributed by atoms with van der Waals surface area (Å²) in [4.78, 5) is 44.4. The van der Waals surface area contributed by atoms with Crippen LogP contribution in [0.3, 0.4) is 0 Å². The highest BCUT2D eigenvalue weighted by Gasteiger charge is 2.46. The lowest BCUT2D eigenvalue weighted by atomic mass is 10.1. The Morgan fingerprint density at radius 3 is 2.27 bits per heavy atom. The Kier molecular flexibility index (Phi) is 9.11. The summed E-state index contributed by atoms with van der Waals surface area (Å²) in [5.41, 5.74) is 0.628. The number of rotatable bonds is 6. The van der Waals surface area contributed by atoms with Crippen LogP contribution in [0.1, 0.15) is 38.4 Å². The van der Waals surface area contributed by atoms with Crippen LogP contribution in [0.2, 0.25) is 0 Å². The number of halogens is 6. The quantitative estimate of drug-likeness (QED) is 0.198. The molecule has 0 aliphatic carbocycles. The third kappa shape index (κ3) is 7.26. The molecule has 2 amide bonds. The summed E-state index contributed by atoms with van der Waals surface area (Å²) in [6, 6.07) is 14.3. The lowest BCUT2D eigenvalue weighted by molar-refractivity contribution is -0.514. The summed E-state index contributed by atoms with van der Waals surface area (Å²) in [5, 5.41) is 15.5. The number of benzene rings is 1. The highest BCUT2D eigenvalue weighted by Crippen LogP contribution is 2.31. The van der Waals surface area contributed by atoms with Gasteiger partial charge in [0, 0.05) is 36.5 Å². The van der Waals surface area contributed by atoms with Gasteiger partial charge in [-0.05, 0) is 23.1 Å². The number of nitrogens with one attached hydrogen (secondary N) is 4. The van der Waals surface area contributed by atoms with Crippen LogP contribution in [-0.4, -0.2) is 40.1 Å². The largest absolute Gasteiger partial charge is 0.542 e. The zero-order valence-electron chi connectivity index (χ0n) is 22.2. The van der Waals surface area contributed by atoms with Gasteiger partial charge in [-0.3, -0.25) is 14.6 Å². The second-order valence-corrected chi connectivity index (χ2v) is 9.06. The third-order valence-electron chi connectivity index (χ3n) is 6.11. The van der Waals surface area contributed by atoms with Gasteiger partial charge in [-0.2, -0.15) is 30.7 Å². The number of aliphatic carboxylic acids is 1. The van der Waals surface area contributed by atoms with Crippen LogP contribution < -0.4 is 25.1 Å². The van der Waals surface area contributed by atoms with E-state index in [0.717, 1.165) is 16.3 Å².